The Morgan fingerprint density at radius 2 is 2.07 bits per heavy atom. The second-order valence-corrected chi connectivity index (χ2v) is 2.87. The topological polar surface area (TPSA) is 38.4 Å². The van der Waals surface area contributed by atoms with Gasteiger partial charge in [0.2, 0.25) is 0 Å². The molecule has 76 valence electrons. The molecule has 0 aliphatic carbocycles. The van der Waals surface area contributed by atoms with Gasteiger partial charge in [-0.15, -0.1) is 0 Å². The van der Waals surface area contributed by atoms with Gasteiger partial charge in [-0.2, -0.15) is 0 Å². The lowest BCUT2D eigenvalue weighted by Crippen LogP contribution is -1.93. The molecular formula is C12H18N2. The predicted molar refractivity (Wildman–Crippen MR) is 64.1 cm³/mol. The molecule has 2 nitrogen and oxygen atoms in total. The van der Waals surface area contributed by atoms with Crippen molar-refractivity contribution in [1.82, 2.24) is 0 Å². The molecule has 2 N–H and O–H groups in total. The summed E-state index contributed by atoms with van der Waals surface area (Å²) in [7, 11) is 0. The van der Waals surface area contributed by atoms with Crippen LogP contribution in [-0.2, 0) is 0 Å². The highest BCUT2D eigenvalue weighted by Gasteiger charge is 1.82. The van der Waals surface area contributed by atoms with Crippen LogP contribution in [0.15, 0.2) is 52.8 Å². The molecule has 0 saturated carbocycles. The zero-order valence-corrected chi connectivity index (χ0v) is 8.90. The van der Waals surface area contributed by atoms with Gasteiger partial charge in [0.15, 0.2) is 0 Å². The average molecular weight is 190 g/mol. The van der Waals surface area contributed by atoms with Crippen LogP contribution in [0, 0.1) is 0 Å². The van der Waals surface area contributed by atoms with Crippen molar-refractivity contribution < 1.29 is 0 Å². The summed E-state index contributed by atoms with van der Waals surface area (Å²) in [5, 5.41) is 0. The molecule has 0 saturated heterocycles. The van der Waals surface area contributed by atoms with E-state index in [0.717, 1.165) is 17.8 Å². The number of nitrogens with zero attached hydrogens (tertiary/aromatic N) is 1. The van der Waals surface area contributed by atoms with Crippen LogP contribution in [0.4, 0.5) is 0 Å². The van der Waals surface area contributed by atoms with Gasteiger partial charge in [0.25, 0.3) is 0 Å². The van der Waals surface area contributed by atoms with Crippen LogP contribution in [0.25, 0.3) is 0 Å². The van der Waals surface area contributed by atoms with Gasteiger partial charge < -0.3 is 5.73 Å². The zero-order chi connectivity index (χ0) is 10.8. The van der Waals surface area contributed by atoms with Crippen LogP contribution < -0.4 is 5.73 Å². The Morgan fingerprint density at radius 3 is 2.64 bits per heavy atom. The summed E-state index contributed by atoms with van der Waals surface area (Å²) in [6.07, 6.45) is 12.3. The van der Waals surface area contributed by atoms with Gasteiger partial charge in [0.1, 0.15) is 0 Å². The van der Waals surface area contributed by atoms with Crippen molar-refractivity contribution in [3.8, 4) is 0 Å². The van der Waals surface area contributed by atoms with E-state index in [-0.39, 0.29) is 0 Å². The molecule has 0 atom stereocenters. The van der Waals surface area contributed by atoms with Crippen molar-refractivity contribution in [3.05, 3.63) is 47.9 Å². The van der Waals surface area contributed by atoms with Gasteiger partial charge in [-0.1, -0.05) is 24.3 Å². The third-order valence-electron chi connectivity index (χ3n) is 1.58. The number of aliphatic imine (C=N–C) groups is 1. The van der Waals surface area contributed by atoms with Gasteiger partial charge in [0, 0.05) is 17.8 Å². The fraction of sp³-hybridized carbons (Fsp3) is 0.250. The van der Waals surface area contributed by atoms with Crippen molar-refractivity contribution in [2.24, 2.45) is 10.7 Å². The number of nitrogens with two attached hydrogens (primary N) is 1. The minimum Gasteiger partial charge on any atom is -0.402 e. The minimum atomic E-state index is 0.755. The highest BCUT2D eigenvalue weighted by molar-refractivity contribution is 5.29. The first-order valence-electron chi connectivity index (χ1n) is 4.58. The lowest BCUT2D eigenvalue weighted by atomic mass is 10.2. The van der Waals surface area contributed by atoms with E-state index >= 15 is 0 Å². The van der Waals surface area contributed by atoms with Crippen LogP contribution in [0.2, 0.25) is 0 Å². The van der Waals surface area contributed by atoms with Crippen molar-refractivity contribution in [2.75, 3.05) is 0 Å². The normalized spacial score (nSPS) is 14.1. The van der Waals surface area contributed by atoms with Crippen molar-refractivity contribution in [1.29, 1.82) is 0 Å². The Labute approximate surface area is 86.2 Å². The first-order valence-corrected chi connectivity index (χ1v) is 4.58. The summed E-state index contributed by atoms with van der Waals surface area (Å²) in [6, 6.07) is 0. The number of hydrogen-bond acceptors (Lipinski definition) is 2. The van der Waals surface area contributed by atoms with E-state index in [0.29, 0.717) is 0 Å². The lowest BCUT2D eigenvalue weighted by Gasteiger charge is -1.92. The molecule has 0 aromatic carbocycles. The monoisotopic (exact) mass is 190 g/mol. The van der Waals surface area contributed by atoms with Crippen LogP contribution in [0.1, 0.15) is 20.3 Å². The Morgan fingerprint density at radius 1 is 1.36 bits per heavy atom. The molecule has 0 rings (SSSR count). The highest BCUT2D eigenvalue weighted by atomic mass is 14.7. The van der Waals surface area contributed by atoms with E-state index in [9.17, 15) is 0 Å². The predicted octanol–water partition coefficient (Wildman–Crippen LogP) is 2.96. The van der Waals surface area contributed by atoms with Gasteiger partial charge >= 0.3 is 0 Å². The highest BCUT2D eigenvalue weighted by Crippen LogP contribution is 1.97. The Hall–Kier alpha value is -1.57. The molecule has 0 aromatic rings. The summed E-state index contributed by atoms with van der Waals surface area (Å²) in [5.74, 6) is 0. The number of hydrogen-bond donors (Lipinski definition) is 1. The molecule has 0 aromatic heterocycles. The van der Waals surface area contributed by atoms with E-state index in [1.165, 1.54) is 0 Å². The van der Waals surface area contributed by atoms with E-state index < -0.39 is 0 Å². The molecule has 0 amide bonds. The zero-order valence-electron chi connectivity index (χ0n) is 8.90. The van der Waals surface area contributed by atoms with Crippen molar-refractivity contribution in [2.45, 2.75) is 20.3 Å². The van der Waals surface area contributed by atoms with Gasteiger partial charge in [-0.3, -0.25) is 4.99 Å². The van der Waals surface area contributed by atoms with Crippen LogP contribution in [0.5, 0.6) is 0 Å². The summed E-state index contributed by atoms with van der Waals surface area (Å²) in [4.78, 5) is 3.76. The van der Waals surface area contributed by atoms with E-state index in [4.69, 9.17) is 5.73 Å². The summed E-state index contributed by atoms with van der Waals surface area (Å²) in [6.45, 7) is 7.28. The number of allylic oxidation sites excluding steroid dienone is 7. The second kappa shape index (κ2) is 8.05. The first-order chi connectivity index (χ1) is 6.70. The quantitative estimate of drug-likeness (QED) is 0.525. The standard InChI is InChI=1S/C12H18N2/c1-4-5-9-12(13)10-7-6-8-11(2)14-3/h4-9H,3,10,13H2,1-2H3/b5-4-,7-6-,11-8-,12-9-. The molecule has 14 heavy (non-hydrogen) atoms. The molecule has 0 unspecified atom stereocenters. The van der Waals surface area contributed by atoms with Crippen molar-refractivity contribution in [3.63, 3.8) is 0 Å². The Kier molecular flexibility index (Phi) is 7.15. The molecule has 0 radical (unpaired) electrons. The average Bonchev–Trinajstić information content (AvgIpc) is 2.21. The van der Waals surface area contributed by atoms with Crippen LogP contribution in [0.3, 0.4) is 0 Å². The molecule has 0 heterocycles. The third-order valence-corrected chi connectivity index (χ3v) is 1.58. The van der Waals surface area contributed by atoms with Crippen LogP contribution in [-0.4, -0.2) is 6.72 Å². The Balaban J connectivity index is 3.99. The summed E-state index contributed by atoms with van der Waals surface area (Å²) < 4.78 is 0. The lowest BCUT2D eigenvalue weighted by molar-refractivity contribution is 1.16. The molecule has 2 heteroatoms. The Bertz CT molecular complexity index is 281. The molecule has 0 aliphatic rings. The van der Waals surface area contributed by atoms with Gasteiger partial charge in [-0.05, 0) is 32.7 Å². The number of rotatable bonds is 5. The van der Waals surface area contributed by atoms with E-state index in [2.05, 4.69) is 11.7 Å². The smallest absolute Gasteiger partial charge is 0.0365 e. The van der Waals surface area contributed by atoms with Crippen molar-refractivity contribution >= 4 is 6.72 Å². The summed E-state index contributed by atoms with van der Waals surface area (Å²) >= 11 is 0. The maximum Gasteiger partial charge on any atom is 0.0365 e. The first kappa shape index (κ1) is 12.4. The molecule has 0 spiro atoms. The maximum absolute atomic E-state index is 5.71. The van der Waals surface area contributed by atoms with E-state index in [1.54, 1.807) is 0 Å². The van der Waals surface area contributed by atoms with Crippen LogP contribution >= 0.6 is 0 Å². The van der Waals surface area contributed by atoms with Gasteiger partial charge in [-0.25, -0.2) is 0 Å². The van der Waals surface area contributed by atoms with Gasteiger partial charge in [0.05, 0.1) is 0 Å². The van der Waals surface area contributed by atoms with E-state index in [1.807, 2.05) is 50.3 Å². The maximum atomic E-state index is 5.71. The fourth-order valence-electron chi connectivity index (χ4n) is 0.752. The second-order valence-electron chi connectivity index (χ2n) is 2.87. The fourth-order valence-corrected chi connectivity index (χ4v) is 0.752. The molecular weight excluding hydrogens is 172 g/mol. The molecule has 0 bridgehead atoms. The molecule has 0 fully saturated rings. The minimum absolute atomic E-state index is 0.755. The largest absolute Gasteiger partial charge is 0.402 e. The third kappa shape index (κ3) is 7.10. The summed E-state index contributed by atoms with van der Waals surface area (Å²) in [5.41, 5.74) is 7.46. The molecule has 0 aliphatic heterocycles. The SMILES string of the molecule is C=N/C(C)=C\C=C/C/C(N)=C/C=C\C.